The summed E-state index contributed by atoms with van der Waals surface area (Å²) in [5.74, 6) is -0.346. The van der Waals surface area contributed by atoms with Crippen molar-refractivity contribution < 1.29 is 31.8 Å². The lowest BCUT2D eigenvalue weighted by molar-refractivity contribution is -0.275. The average Bonchev–Trinajstić information content (AvgIpc) is 2.61. The summed E-state index contributed by atoms with van der Waals surface area (Å²) in [6.07, 6.45) is 2.88. The third-order valence-electron chi connectivity index (χ3n) is 5.43. The Kier molecular flexibility index (Phi) is 6.50. The first-order valence-electron chi connectivity index (χ1n) is 9.70. The van der Waals surface area contributed by atoms with Gasteiger partial charge in [0.1, 0.15) is 5.75 Å². The molecule has 3 nitrogen and oxygen atoms in total. The highest BCUT2D eigenvalue weighted by Gasteiger charge is 2.33. The van der Waals surface area contributed by atoms with Crippen LogP contribution in [0.3, 0.4) is 0 Å². The molecule has 2 aliphatic rings. The van der Waals surface area contributed by atoms with E-state index in [0.29, 0.717) is 30.9 Å². The van der Waals surface area contributed by atoms with Crippen molar-refractivity contribution in [2.75, 3.05) is 6.61 Å². The van der Waals surface area contributed by atoms with E-state index < -0.39 is 24.2 Å². The number of hydrogen-bond donors (Lipinski definition) is 0. The van der Waals surface area contributed by atoms with Crippen LogP contribution in [-0.4, -0.2) is 19.3 Å². The number of fused-ring (bicyclic) bond motifs is 1. The number of halogens is 4. The van der Waals surface area contributed by atoms with Crippen molar-refractivity contribution >= 4 is 0 Å². The van der Waals surface area contributed by atoms with Gasteiger partial charge in [-0.25, -0.2) is 4.39 Å². The Morgan fingerprint density at radius 3 is 2.44 bits per heavy atom. The molecular weight excluding hydrogens is 364 g/mol. The topological polar surface area (TPSA) is 27.7 Å². The molecule has 1 aliphatic heterocycles. The molecule has 3 rings (SSSR count). The molecule has 0 spiro atoms. The predicted molar refractivity (Wildman–Crippen MR) is 92.1 cm³/mol. The maximum atomic E-state index is 13.9. The van der Waals surface area contributed by atoms with Gasteiger partial charge >= 0.3 is 6.36 Å². The molecule has 0 radical (unpaired) electrons. The summed E-state index contributed by atoms with van der Waals surface area (Å²) in [7, 11) is 0. The second kappa shape index (κ2) is 8.67. The van der Waals surface area contributed by atoms with Gasteiger partial charge in [-0.15, -0.1) is 13.2 Å². The third-order valence-corrected chi connectivity index (χ3v) is 5.43. The minimum atomic E-state index is -4.92. The molecule has 0 bridgehead atoms. The fraction of sp³-hybridized carbons (Fsp3) is 0.700. The standard InChI is InChI=1S/C20H26F4O3/c1-2-3-13-4-6-14(7-5-13)12-25-19-9-8-15-10-18(27-20(22,23)24)16(21)11-17(15)26-19/h10-11,13-14,19H,2-9,12H2,1H3. The monoisotopic (exact) mass is 390 g/mol. The van der Waals surface area contributed by atoms with Gasteiger partial charge in [-0.3, -0.25) is 0 Å². The Bertz CT molecular complexity index is 624. The van der Waals surface area contributed by atoms with E-state index in [9.17, 15) is 17.6 Å². The lowest BCUT2D eigenvalue weighted by Crippen LogP contribution is -2.29. The van der Waals surface area contributed by atoms with Crippen molar-refractivity contribution in [3.05, 3.63) is 23.5 Å². The summed E-state index contributed by atoms with van der Waals surface area (Å²) < 4.78 is 66.1. The minimum Gasteiger partial charge on any atom is -0.465 e. The SMILES string of the molecule is CCCC1CCC(COC2CCc3cc(OC(F)(F)F)c(F)cc3O2)CC1. The Hall–Kier alpha value is -1.50. The van der Waals surface area contributed by atoms with Crippen molar-refractivity contribution in [2.24, 2.45) is 11.8 Å². The molecule has 1 saturated carbocycles. The Morgan fingerprint density at radius 1 is 1.07 bits per heavy atom. The van der Waals surface area contributed by atoms with Gasteiger partial charge in [0, 0.05) is 12.5 Å². The van der Waals surface area contributed by atoms with Crippen LogP contribution in [0, 0.1) is 17.7 Å². The van der Waals surface area contributed by atoms with Crippen LogP contribution in [-0.2, 0) is 11.2 Å². The summed E-state index contributed by atoms with van der Waals surface area (Å²) in [6, 6.07) is 2.01. The summed E-state index contributed by atoms with van der Waals surface area (Å²) in [6.45, 7) is 2.82. The predicted octanol–water partition coefficient (Wildman–Crippen LogP) is 6.00. The van der Waals surface area contributed by atoms with Crippen LogP contribution in [0.1, 0.15) is 57.4 Å². The van der Waals surface area contributed by atoms with Crippen molar-refractivity contribution in [1.29, 1.82) is 0 Å². The zero-order valence-electron chi connectivity index (χ0n) is 15.5. The molecular formula is C20H26F4O3. The Balaban J connectivity index is 1.51. The van der Waals surface area contributed by atoms with Crippen LogP contribution in [0.4, 0.5) is 17.6 Å². The first kappa shape index (κ1) is 20.2. The van der Waals surface area contributed by atoms with Gasteiger partial charge in [0.2, 0.25) is 0 Å². The molecule has 1 unspecified atom stereocenters. The second-order valence-corrected chi connectivity index (χ2v) is 7.53. The first-order valence-corrected chi connectivity index (χ1v) is 9.70. The molecule has 1 heterocycles. The van der Waals surface area contributed by atoms with Crippen LogP contribution in [0.5, 0.6) is 11.5 Å². The lowest BCUT2D eigenvalue weighted by atomic mass is 9.80. The molecule has 1 fully saturated rings. The minimum absolute atomic E-state index is 0.227. The Morgan fingerprint density at radius 2 is 1.78 bits per heavy atom. The molecule has 0 saturated heterocycles. The van der Waals surface area contributed by atoms with Crippen LogP contribution in [0.15, 0.2) is 12.1 Å². The fourth-order valence-electron chi connectivity index (χ4n) is 4.01. The summed E-state index contributed by atoms with van der Waals surface area (Å²) in [5.41, 5.74) is 0.496. The van der Waals surface area contributed by atoms with E-state index in [2.05, 4.69) is 11.7 Å². The van der Waals surface area contributed by atoms with E-state index in [1.165, 1.54) is 25.7 Å². The largest absolute Gasteiger partial charge is 0.573 e. The molecule has 7 heteroatoms. The number of hydrogen-bond acceptors (Lipinski definition) is 3. The highest BCUT2D eigenvalue weighted by atomic mass is 19.4. The van der Waals surface area contributed by atoms with Crippen LogP contribution >= 0.6 is 0 Å². The van der Waals surface area contributed by atoms with Gasteiger partial charge in [-0.05, 0) is 42.7 Å². The number of benzene rings is 1. The highest BCUT2D eigenvalue weighted by Crippen LogP contribution is 2.36. The van der Waals surface area contributed by atoms with Crippen LogP contribution in [0.25, 0.3) is 0 Å². The molecule has 0 amide bonds. The number of alkyl halides is 3. The molecule has 0 N–H and O–H groups in total. The van der Waals surface area contributed by atoms with E-state index in [-0.39, 0.29) is 5.75 Å². The molecule has 27 heavy (non-hydrogen) atoms. The first-order chi connectivity index (χ1) is 12.8. The van der Waals surface area contributed by atoms with Crippen molar-refractivity contribution in [3.8, 4) is 11.5 Å². The third kappa shape index (κ3) is 5.74. The van der Waals surface area contributed by atoms with E-state index in [0.717, 1.165) is 30.9 Å². The summed E-state index contributed by atoms with van der Waals surface area (Å²) in [5, 5.41) is 0. The van der Waals surface area contributed by atoms with Crippen molar-refractivity contribution in [1.82, 2.24) is 0 Å². The van der Waals surface area contributed by atoms with Gasteiger partial charge in [0.15, 0.2) is 17.9 Å². The molecule has 0 aromatic heterocycles. The van der Waals surface area contributed by atoms with E-state index >= 15 is 0 Å². The van der Waals surface area contributed by atoms with Gasteiger partial charge in [-0.1, -0.05) is 32.6 Å². The lowest BCUT2D eigenvalue weighted by Gasteiger charge is -2.31. The smallest absolute Gasteiger partial charge is 0.465 e. The van der Waals surface area contributed by atoms with Crippen LogP contribution in [0.2, 0.25) is 0 Å². The van der Waals surface area contributed by atoms with E-state index in [4.69, 9.17) is 9.47 Å². The summed E-state index contributed by atoms with van der Waals surface area (Å²) in [4.78, 5) is 0. The normalized spacial score (nSPS) is 25.6. The average molecular weight is 390 g/mol. The van der Waals surface area contributed by atoms with Gasteiger partial charge in [0.05, 0.1) is 6.61 Å². The number of aryl methyl sites for hydroxylation is 1. The van der Waals surface area contributed by atoms with Crippen LogP contribution < -0.4 is 9.47 Å². The quantitative estimate of drug-likeness (QED) is 0.558. The van der Waals surface area contributed by atoms with Gasteiger partial charge in [-0.2, -0.15) is 0 Å². The number of rotatable bonds is 6. The molecule has 1 aromatic rings. The van der Waals surface area contributed by atoms with Crippen molar-refractivity contribution in [2.45, 2.75) is 70.9 Å². The maximum absolute atomic E-state index is 13.9. The summed E-state index contributed by atoms with van der Waals surface area (Å²) >= 11 is 0. The zero-order valence-corrected chi connectivity index (χ0v) is 15.5. The second-order valence-electron chi connectivity index (χ2n) is 7.53. The molecule has 1 aliphatic carbocycles. The van der Waals surface area contributed by atoms with Crippen molar-refractivity contribution in [3.63, 3.8) is 0 Å². The number of ether oxygens (including phenoxy) is 3. The molecule has 152 valence electrons. The van der Waals surface area contributed by atoms with E-state index in [1.54, 1.807) is 0 Å². The zero-order chi connectivity index (χ0) is 19.4. The maximum Gasteiger partial charge on any atom is 0.573 e. The Labute approximate surface area is 157 Å². The van der Waals surface area contributed by atoms with E-state index in [1.807, 2.05) is 0 Å². The molecule has 1 atom stereocenters. The van der Waals surface area contributed by atoms with Gasteiger partial charge < -0.3 is 14.2 Å². The highest BCUT2D eigenvalue weighted by molar-refractivity contribution is 5.42. The van der Waals surface area contributed by atoms with Gasteiger partial charge in [0.25, 0.3) is 0 Å². The fourth-order valence-corrected chi connectivity index (χ4v) is 4.01. The molecule has 1 aromatic carbocycles.